The number of carbonyl (C=O) groups excluding carboxylic acids is 3. The molecule has 0 bridgehead atoms. The monoisotopic (exact) mass is 331 g/mol. The van der Waals surface area contributed by atoms with Crippen molar-refractivity contribution in [2.75, 3.05) is 11.9 Å². The van der Waals surface area contributed by atoms with Crippen molar-refractivity contribution in [1.82, 2.24) is 0 Å². The van der Waals surface area contributed by atoms with E-state index in [9.17, 15) is 14.4 Å². The van der Waals surface area contributed by atoms with Gasteiger partial charge in [-0.15, -0.1) is 0 Å². The van der Waals surface area contributed by atoms with Crippen LogP contribution in [-0.2, 0) is 14.3 Å². The summed E-state index contributed by atoms with van der Waals surface area (Å²) in [5.74, 6) is -1.36. The Labute approximate surface area is 138 Å². The van der Waals surface area contributed by atoms with Crippen LogP contribution < -0.4 is 5.32 Å². The molecule has 2 aromatic carbocycles. The third kappa shape index (κ3) is 4.66. The normalized spacial score (nSPS) is 10.0. The van der Waals surface area contributed by atoms with E-state index in [1.165, 1.54) is 19.1 Å². The molecule has 1 amide bonds. The van der Waals surface area contributed by atoms with Crippen LogP contribution in [-0.4, -0.2) is 24.3 Å². The molecule has 6 heteroatoms. The van der Waals surface area contributed by atoms with Crippen molar-refractivity contribution in [2.24, 2.45) is 0 Å². The molecule has 0 saturated carbocycles. The Morgan fingerprint density at radius 3 is 2.43 bits per heavy atom. The number of carbonyl (C=O) groups is 3. The van der Waals surface area contributed by atoms with Crippen LogP contribution in [0.25, 0.3) is 0 Å². The third-order valence-corrected chi connectivity index (χ3v) is 3.18. The van der Waals surface area contributed by atoms with Gasteiger partial charge in [0, 0.05) is 23.1 Å². The lowest BCUT2D eigenvalue weighted by atomic mass is 10.0. The number of rotatable bonds is 5. The SMILES string of the molecule is CC(=O)OCC(=O)Nc1ccc(Cl)cc1C(=O)c1ccccc1. The smallest absolute Gasteiger partial charge is 0.303 e. The van der Waals surface area contributed by atoms with Crippen LogP contribution in [0.1, 0.15) is 22.8 Å². The van der Waals surface area contributed by atoms with Gasteiger partial charge in [-0.05, 0) is 18.2 Å². The lowest BCUT2D eigenvalue weighted by molar-refractivity contribution is -0.144. The summed E-state index contributed by atoms with van der Waals surface area (Å²) in [4.78, 5) is 35.1. The fraction of sp³-hybridized carbons (Fsp3) is 0.118. The Hall–Kier alpha value is -2.66. The van der Waals surface area contributed by atoms with Crippen LogP contribution in [0.15, 0.2) is 48.5 Å². The Morgan fingerprint density at radius 2 is 1.78 bits per heavy atom. The maximum Gasteiger partial charge on any atom is 0.303 e. The van der Waals surface area contributed by atoms with E-state index in [2.05, 4.69) is 10.1 Å². The highest BCUT2D eigenvalue weighted by Crippen LogP contribution is 2.23. The molecule has 0 unspecified atom stereocenters. The van der Waals surface area contributed by atoms with Crippen molar-refractivity contribution in [2.45, 2.75) is 6.92 Å². The van der Waals surface area contributed by atoms with Crippen LogP contribution in [0.3, 0.4) is 0 Å². The van der Waals surface area contributed by atoms with Crippen molar-refractivity contribution in [3.8, 4) is 0 Å². The second kappa shape index (κ2) is 7.56. The molecule has 0 aromatic heterocycles. The number of ether oxygens (including phenoxy) is 1. The first kappa shape index (κ1) is 16.7. The van der Waals surface area contributed by atoms with E-state index < -0.39 is 18.5 Å². The lowest BCUT2D eigenvalue weighted by Crippen LogP contribution is -2.21. The minimum Gasteiger partial charge on any atom is -0.456 e. The molecule has 5 nitrogen and oxygen atoms in total. The molecule has 0 atom stereocenters. The highest BCUT2D eigenvalue weighted by Gasteiger charge is 2.16. The van der Waals surface area contributed by atoms with E-state index in [0.29, 0.717) is 16.3 Å². The maximum absolute atomic E-state index is 12.6. The van der Waals surface area contributed by atoms with Gasteiger partial charge in [-0.3, -0.25) is 14.4 Å². The van der Waals surface area contributed by atoms with Crippen molar-refractivity contribution in [3.63, 3.8) is 0 Å². The zero-order valence-corrected chi connectivity index (χ0v) is 13.1. The summed E-state index contributed by atoms with van der Waals surface area (Å²) in [5, 5.41) is 2.93. The van der Waals surface area contributed by atoms with Crippen LogP contribution in [0.5, 0.6) is 0 Å². The number of benzene rings is 2. The van der Waals surface area contributed by atoms with Crippen LogP contribution in [0.2, 0.25) is 5.02 Å². The van der Waals surface area contributed by atoms with Gasteiger partial charge in [0.1, 0.15) is 0 Å². The first-order valence-electron chi connectivity index (χ1n) is 6.80. The van der Waals surface area contributed by atoms with E-state index in [0.717, 1.165) is 0 Å². The number of ketones is 1. The van der Waals surface area contributed by atoms with Gasteiger partial charge in [0.25, 0.3) is 5.91 Å². The topological polar surface area (TPSA) is 72.5 Å². The fourth-order valence-electron chi connectivity index (χ4n) is 1.91. The molecular formula is C17H14ClNO4. The molecule has 0 aliphatic rings. The number of esters is 1. The average molecular weight is 332 g/mol. The summed E-state index contributed by atoms with van der Waals surface area (Å²) in [5.41, 5.74) is 1.05. The predicted octanol–water partition coefficient (Wildman–Crippen LogP) is 3.07. The van der Waals surface area contributed by atoms with E-state index in [-0.39, 0.29) is 11.3 Å². The molecule has 0 aliphatic carbocycles. The second-order valence-corrected chi connectivity index (χ2v) is 5.15. The zero-order chi connectivity index (χ0) is 16.8. The molecule has 0 aliphatic heterocycles. The second-order valence-electron chi connectivity index (χ2n) is 4.71. The standard InChI is InChI=1S/C17H14ClNO4/c1-11(20)23-10-16(21)19-15-8-7-13(18)9-14(15)17(22)12-5-3-2-4-6-12/h2-9H,10H2,1H3,(H,19,21). The van der Waals surface area contributed by atoms with Gasteiger partial charge in [-0.1, -0.05) is 41.9 Å². The largest absolute Gasteiger partial charge is 0.456 e. The van der Waals surface area contributed by atoms with Crippen molar-refractivity contribution >= 4 is 34.9 Å². The highest BCUT2D eigenvalue weighted by atomic mass is 35.5. The number of anilines is 1. The molecular weight excluding hydrogens is 318 g/mol. The van der Waals surface area contributed by atoms with Gasteiger partial charge in [-0.2, -0.15) is 0 Å². The van der Waals surface area contributed by atoms with Gasteiger partial charge in [-0.25, -0.2) is 0 Å². The molecule has 23 heavy (non-hydrogen) atoms. The Kier molecular flexibility index (Phi) is 5.49. The summed E-state index contributed by atoms with van der Waals surface area (Å²) in [6, 6.07) is 13.2. The number of hydrogen-bond donors (Lipinski definition) is 1. The number of hydrogen-bond acceptors (Lipinski definition) is 4. The summed E-state index contributed by atoms with van der Waals surface area (Å²) < 4.78 is 4.62. The minimum absolute atomic E-state index is 0.264. The molecule has 0 saturated heterocycles. The molecule has 118 valence electrons. The van der Waals surface area contributed by atoms with E-state index in [1.807, 2.05) is 0 Å². The lowest BCUT2D eigenvalue weighted by Gasteiger charge is -2.11. The summed E-state index contributed by atoms with van der Waals surface area (Å²) in [7, 11) is 0. The van der Waals surface area contributed by atoms with Crippen LogP contribution in [0.4, 0.5) is 5.69 Å². The van der Waals surface area contributed by atoms with E-state index >= 15 is 0 Å². The number of halogens is 1. The fourth-order valence-corrected chi connectivity index (χ4v) is 2.08. The van der Waals surface area contributed by atoms with Crippen LogP contribution in [0, 0.1) is 0 Å². The quantitative estimate of drug-likeness (QED) is 0.675. The minimum atomic E-state index is -0.558. The summed E-state index contributed by atoms with van der Waals surface area (Å²) in [6.07, 6.45) is 0. The van der Waals surface area contributed by atoms with E-state index in [4.69, 9.17) is 11.6 Å². The summed E-state index contributed by atoms with van der Waals surface area (Å²) >= 11 is 5.95. The molecule has 1 N–H and O–H groups in total. The average Bonchev–Trinajstić information content (AvgIpc) is 2.54. The first-order valence-corrected chi connectivity index (χ1v) is 7.17. The Balaban J connectivity index is 2.26. The zero-order valence-electron chi connectivity index (χ0n) is 12.3. The van der Waals surface area contributed by atoms with Crippen molar-refractivity contribution in [3.05, 3.63) is 64.7 Å². The number of nitrogens with one attached hydrogen (secondary N) is 1. The third-order valence-electron chi connectivity index (χ3n) is 2.94. The van der Waals surface area contributed by atoms with Crippen molar-refractivity contribution < 1.29 is 19.1 Å². The molecule has 0 fully saturated rings. The maximum atomic E-state index is 12.6. The van der Waals surface area contributed by atoms with Gasteiger partial charge in [0.2, 0.25) is 0 Å². The first-order chi connectivity index (χ1) is 11.0. The van der Waals surface area contributed by atoms with Crippen LogP contribution >= 0.6 is 11.6 Å². The molecule has 2 aromatic rings. The van der Waals surface area contributed by atoms with Gasteiger partial charge >= 0.3 is 5.97 Å². The summed E-state index contributed by atoms with van der Waals surface area (Å²) in [6.45, 7) is 0.789. The Bertz CT molecular complexity index is 744. The number of amides is 1. The van der Waals surface area contributed by atoms with Crippen molar-refractivity contribution in [1.29, 1.82) is 0 Å². The van der Waals surface area contributed by atoms with Gasteiger partial charge in [0.05, 0.1) is 5.69 Å². The van der Waals surface area contributed by atoms with Gasteiger partial charge in [0.15, 0.2) is 12.4 Å². The predicted molar refractivity (Wildman–Crippen MR) is 86.6 cm³/mol. The molecule has 2 rings (SSSR count). The molecule has 0 radical (unpaired) electrons. The van der Waals surface area contributed by atoms with Gasteiger partial charge < -0.3 is 10.1 Å². The Morgan fingerprint density at radius 1 is 1.09 bits per heavy atom. The molecule has 0 spiro atoms. The van der Waals surface area contributed by atoms with E-state index in [1.54, 1.807) is 36.4 Å². The molecule has 0 heterocycles. The highest BCUT2D eigenvalue weighted by molar-refractivity contribution is 6.31.